The Morgan fingerprint density at radius 1 is 1.09 bits per heavy atom. The van der Waals surface area contributed by atoms with E-state index in [-0.39, 0.29) is 55.9 Å². The minimum atomic E-state index is -3.83. The zero-order chi connectivity index (χ0) is 23.6. The second-order valence-electron chi connectivity index (χ2n) is 8.02. The second-order valence-corrected chi connectivity index (χ2v) is 9.96. The number of hydrogen-bond acceptors (Lipinski definition) is 5. The monoisotopic (exact) mass is 475 g/mol. The van der Waals surface area contributed by atoms with Gasteiger partial charge in [-0.1, -0.05) is 6.07 Å². The van der Waals surface area contributed by atoms with Crippen molar-refractivity contribution < 1.29 is 27.1 Å². The Hall–Kier alpha value is -2.98. The molecule has 0 saturated carbocycles. The number of carbonyl (C=O) groups is 2. The largest absolute Gasteiger partial charge is 0.494 e. The molecule has 8 nitrogen and oxygen atoms in total. The standard InChI is InChI=1S/C23H26FN3O5S/c1-2-32-20-8-6-19(7-9-20)27-16-17(14-22(27)28)23(29)25-10-12-26(13-11-25)33(30,31)21-5-3-4-18(24)15-21/h3-9,15,17H,2,10-14,16H2,1H3/t17-/m1/s1. The zero-order valence-electron chi connectivity index (χ0n) is 18.3. The van der Waals surface area contributed by atoms with E-state index in [1.807, 2.05) is 6.92 Å². The Morgan fingerprint density at radius 3 is 2.42 bits per heavy atom. The molecule has 2 fully saturated rings. The molecule has 0 bridgehead atoms. The van der Waals surface area contributed by atoms with Gasteiger partial charge in [-0.3, -0.25) is 9.59 Å². The highest BCUT2D eigenvalue weighted by molar-refractivity contribution is 7.89. The van der Waals surface area contributed by atoms with Crippen molar-refractivity contribution >= 4 is 27.5 Å². The van der Waals surface area contributed by atoms with Crippen molar-refractivity contribution in [3.05, 3.63) is 54.3 Å². The number of ether oxygens (including phenoxy) is 1. The van der Waals surface area contributed by atoms with Crippen molar-refractivity contribution in [1.29, 1.82) is 0 Å². The van der Waals surface area contributed by atoms with Gasteiger partial charge in [-0.2, -0.15) is 4.31 Å². The van der Waals surface area contributed by atoms with E-state index in [9.17, 15) is 22.4 Å². The van der Waals surface area contributed by atoms with Crippen LogP contribution in [0.2, 0.25) is 0 Å². The normalized spacial score (nSPS) is 19.7. The first-order valence-electron chi connectivity index (χ1n) is 10.9. The molecule has 1 atom stereocenters. The highest BCUT2D eigenvalue weighted by atomic mass is 32.2. The second kappa shape index (κ2) is 9.48. The maximum Gasteiger partial charge on any atom is 0.243 e. The smallest absolute Gasteiger partial charge is 0.243 e. The van der Waals surface area contributed by atoms with Gasteiger partial charge >= 0.3 is 0 Å². The van der Waals surface area contributed by atoms with Crippen LogP contribution in [0.5, 0.6) is 5.75 Å². The quantitative estimate of drug-likeness (QED) is 0.639. The summed E-state index contributed by atoms with van der Waals surface area (Å²) in [7, 11) is -3.83. The molecular formula is C23H26FN3O5S. The molecule has 0 aliphatic carbocycles. The molecule has 2 aromatic rings. The fourth-order valence-electron chi connectivity index (χ4n) is 4.20. The summed E-state index contributed by atoms with van der Waals surface area (Å²) in [5, 5.41) is 0. The molecule has 176 valence electrons. The Kier molecular flexibility index (Phi) is 6.66. The number of nitrogens with zero attached hydrogens (tertiary/aromatic N) is 3. The van der Waals surface area contributed by atoms with Crippen molar-refractivity contribution in [1.82, 2.24) is 9.21 Å². The maximum atomic E-state index is 13.5. The lowest BCUT2D eigenvalue weighted by Gasteiger charge is -2.35. The Balaban J connectivity index is 1.36. The summed E-state index contributed by atoms with van der Waals surface area (Å²) in [5.41, 5.74) is 0.713. The average molecular weight is 476 g/mol. The molecule has 2 heterocycles. The lowest BCUT2D eigenvalue weighted by molar-refractivity contribution is -0.136. The highest BCUT2D eigenvalue weighted by Crippen LogP contribution is 2.28. The van der Waals surface area contributed by atoms with Gasteiger partial charge in [0.25, 0.3) is 0 Å². The first-order valence-corrected chi connectivity index (χ1v) is 12.3. The van der Waals surface area contributed by atoms with E-state index in [4.69, 9.17) is 4.74 Å². The fraction of sp³-hybridized carbons (Fsp3) is 0.391. The van der Waals surface area contributed by atoms with Crippen LogP contribution in [0.3, 0.4) is 0 Å². The molecule has 2 aromatic carbocycles. The molecule has 0 spiro atoms. The Morgan fingerprint density at radius 2 is 1.79 bits per heavy atom. The molecule has 2 saturated heterocycles. The van der Waals surface area contributed by atoms with Gasteiger partial charge in [0.2, 0.25) is 21.8 Å². The van der Waals surface area contributed by atoms with E-state index in [2.05, 4.69) is 0 Å². The van der Waals surface area contributed by atoms with Gasteiger partial charge in [-0.25, -0.2) is 12.8 Å². The summed E-state index contributed by atoms with van der Waals surface area (Å²) >= 11 is 0. The fourth-order valence-corrected chi connectivity index (χ4v) is 5.65. The van der Waals surface area contributed by atoms with Crippen LogP contribution in [0.4, 0.5) is 10.1 Å². The van der Waals surface area contributed by atoms with Crippen molar-refractivity contribution in [2.24, 2.45) is 5.92 Å². The first kappa shape index (κ1) is 23.2. The van der Waals surface area contributed by atoms with Crippen LogP contribution in [0.15, 0.2) is 53.4 Å². The molecule has 4 rings (SSSR count). The van der Waals surface area contributed by atoms with Crippen LogP contribution in [0.25, 0.3) is 0 Å². The minimum absolute atomic E-state index is 0.102. The number of piperazine rings is 1. The van der Waals surface area contributed by atoms with Gasteiger partial charge < -0.3 is 14.5 Å². The lowest BCUT2D eigenvalue weighted by Crippen LogP contribution is -2.52. The number of halogens is 1. The maximum absolute atomic E-state index is 13.5. The average Bonchev–Trinajstić information content (AvgIpc) is 3.21. The number of hydrogen-bond donors (Lipinski definition) is 0. The van der Waals surface area contributed by atoms with Crippen LogP contribution in [-0.2, 0) is 19.6 Å². The van der Waals surface area contributed by atoms with Gasteiger partial charge in [-0.15, -0.1) is 0 Å². The van der Waals surface area contributed by atoms with Gasteiger partial charge in [-0.05, 0) is 49.4 Å². The third-order valence-corrected chi connectivity index (χ3v) is 7.81. The van der Waals surface area contributed by atoms with E-state index >= 15 is 0 Å². The van der Waals surface area contributed by atoms with Crippen LogP contribution >= 0.6 is 0 Å². The Bertz CT molecular complexity index is 1130. The van der Waals surface area contributed by atoms with Crippen molar-refractivity contribution in [2.45, 2.75) is 18.2 Å². The number of carbonyl (C=O) groups excluding carboxylic acids is 2. The summed E-state index contributed by atoms with van der Waals surface area (Å²) in [6, 6.07) is 12.1. The van der Waals surface area contributed by atoms with Crippen molar-refractivity contribution in [2.75, 3.05) is 44.2 Å². The predicted octanol–water partition coefficient (Wildman–Crippen LogP) is 2.11. The lowest BCUT2D eigenvalue weighted by atomic mass is 10.1. The van der Waals surface area contributed by atoms with Gasteiger partial charge in [0.1, 0.15) is 11.6 Å². The summed E-state index contributed by atoms with van der Waals surface area (Å²) in [6.07, 6.45) is 0.119. The molecule has 2 amide bonds. The molecule has 0 N–H and O–H groups in total. The molecule has 2 aliphatic heterocycles. The summed E-state index contributed by atoms with van der Waals surface area (Å²) in [4.78, 5) is 28.7. The van der Waals surface area contributed by atoms with E-state index < -0.39 is 21.8 Å². The number of anilines is 1. The molecule has 2 aliphatic rings. The van der Waals surface area contributed by atoms with Gasteiger partial charge in [0.15, 0.2) is 0 Å². The number of sulfonamides is 1. The topological polar surface area (TPSA) is 87.2 Å². The van der Waals surface area contributed by atoms with Gasteiger partial charge in [0.05, 0.1) is 17.4 Å². The van der Waals surface area contributed by atoms with E-state index in [1.54, 1.807) is 34.1 Å². The van der Waals surface area contributed by atoms with E-state index in [0.29, 0.717) is 18.0 Å². The molecule has 0 unspecified atom stereocenters. The van der Waals surface area contributed by atoms with Gasteiger partial charge in [0, 0.05) is 44.8 Å². The SMILES string of the molecule is CCOc1ccc(N2C[C@H](C(=O)N3CCN(S(=O)(=O)c4cccc(F)c4)CC3)CC2=O)cc1. The van der Waals surface area contributed by atoms with Crippen LogP contribution in [0, 0.1) is 11.7 Å². The van der Waals surface area contributed by atoms with Crippen molar-refractivity contribution in [3.63, 3.8) is 0 Å². The number of rotatable bonds is 6. The summed E-state index contributed by atoms with van der Waals surface area (Å²) in [5.74, 6) is -0.653. The number of benzene rings is 2. The zero-order valence-corrected chi connectivity index (χ0v) is 19.1. The molecule has 0 radical (unpaired) electrons. The third-order valence-electron chi connectivity index (χ3n) is 5.92. The van der Waals surface area contributed by atoms with E-state index in [1.165, 1.54) is 22.5 Å². The van der Waals surface area contributed by atoms with Crippen LogP contribution in [-0.4, -0.2) is 68.8 Å². The van der Waals surface area contributed by atoms with Crippen molar-refractivity contribution in [3.8, 4) is 5.75 Å². The van der Waals surface area contributed by atoms with Crippen LogP contribution < -0.4 is 9.64 Å². The van der Waals surface area contributed by atoms with E-state index in [0.717, 1.165) is 6.07 Å². The summed E-state index contributed by atoms with van der Waals surface area (Å²) < 4.78 is 45.7. The Labute approximate surface area is 192 Å². The third kappa shape index (κ3) is 4.86. The highest BCUT2D eigenvalue weighted by Gasteiger charge is 2.39. The minimum Gasteiger partial charge on any atom is -0.494 e. The molecule has 0 aromatic heterocycles. The van der Waals surface area contributed by atoms with Crippen LogP contribution in [0.1, 0.15) is 13.3 Å². The molecule has 33 heavy (non-hydrogen) atoms. The first-order chi connectivity index (χ1) is 15.8. The molecular weight excluding hydrogens is 449 g/mol. The summed E-state index contributed by atoms with van der Waals surface area (Å²) in [6.45, 7) is 3.41. The predicted molar refractivity (Wildman–Crippen MR) is 120 cm³/mol. The number of amides is 2. The molecule has 10 heteroatoms.